The average Bonchev–Trinajstić information content (AvgIpc) is 3.18. The molecule has 2 aromatic heterocycles. The van der Waals surface area contributed by atoms with Crippen LogP contribution in [0, 0.1) is 13.8 Å². The summed E-state index contributed by atoms with van der Waals surface area (Å²) in [5, 5.41) is 4.77. The Labute approximate surface area is 129 Å². The van der Waals surface area contributed by atoms with Gasteiger partial charge in [-0.1, -0.05) is 37.3 Å². The molecule has 0 saturated heterocycles. The fourth-order valence-corrected chi connectivity index (χ4v) is 3.18. The van der Waals surface area contributed by atoms with Gasteiger partial charge in [-0.05, 0) is 25.8 Å². The van der Waals surface area contributed by atoms with Crippen molar-refractivity contribution in [1.82, 2.24) is 24.3 Å². The van der Waals surface area contributed by atoms with Crippen LogP contribution in [-0.2, 0) is 0 Å². The van der Waals surface area contributed by atoms with Gasteiger partial charge < -0.3 is 0 Å². The third-order valence-electron chi connectivity index (χ3n) is 4.61. The average molecular weight is 293 g/mol. The van der Waals surface area contributed by atoms with Crippen LogP contribution in [0.5, 0.6) is 0 Å². The summed E-state index contributed by atoms with van der Waals surface area (Å²) in [5.41, 5.74) is 3.40. The summed E-state index contributed by atoms with van der Waals surface area (Å²) in [4.78, 5) is 9.11. The van der Waals surface area contributed by atoms with Gasteiger partial charge in [-0.2, -0.15) is 4.98 Å². The van der Waals surface area contributed by atoms with Crippen molar-refractivity contribution in [1.29, 1.82) is 0 Å². The summed E-state index contributed by atoms with van der Waals surface area (Å²) in [6.45, 7) is 6.27. The lowest BCUT2D eigenvalue weighted by Crippen LogP contribution is -2.08. The van der Waals surface area contributed by atoms with E-state index >= 15 is 0 Å². The van der Waals surface area contributed by atoms with E-state index in [1.54, 1.807) is 6.33 Å². The predicted molar refractivity (Wildman–Crippen MR) is 84.2 cm³/mol. The molecule has 0 amide bonds. The van der Waals surface area contributed by atoms with Crippen LogP contribution in [0.4, 0.5) is 0 Å². The van der Waals surface area contributed by atoms with E-state index in [2.05, 4.69) is 40.9 Å². The first-order chi connectivity index (χ1) is 10.6. The number of benzene rings is 1. The van der Waals surface area contributed by atoms with Crippen molar-refractivity contribution >= 4 is 0 Å². The standard InChI is InChI=1S/C17H19N5/c1-11-9-15(14-7-5-4-6-8-14)22-16(11)19-17(20-22)21-10-18-12(2)13(21)3/h4-8,10-11,15H,9H2,1-3H3. The van der Waals surface area contributed by atoms with Gasteiger partial charge >= 0.3 is 0 Å². The zero-order chi connectivity index (χ0) is 15.3. The number of hydrogen-bond donors (Lipinski definition) is 0. The topological polar surface area (TPSA) is 48.5 Å². The fraction of sp³-hybridized carbons (Fsp3) is 0.353. The number of rotatable bonds is 2. The van der Waals surface area contributed by atoms with E-state index in [-0.39, 0.29) is 6.04 Å². The van der Waals surface area contributed by atoms with Gasteiger partial charge in [-0.3, -0.25) is 4.57 Å². The van der Waals surface area contributed by atoms with Crippen molar-refractivity contribution in [3.63, 3.8) is 0 Å². The minimum absolute atomic E-state index is 0.275. The van der Waals surface area contributed by atoms with Crippen LogP contribution in [-0.4, -0.2) is 24.3 Å². The maximum atomic E-state index is 4.77. The first kappa shape index (κ1) is 13.2. The third-order valence-corrected chi connectivity index (χ3v) is 4.61. The molecule has 4 rings (SSSR count). The maximum absolute atomic E-state index is 4.77. The quantitative estimate of drug-likeness (QED) is 0.729. The van der Waals surface area contributed by atoms with Crippen molar-refractivity contribution in [3.8, 4) is 5.95 Å². The van der Waals surface area contributed by atoms with Gasteiger partial charge in [-0.15, -0.1) is 5.10 Å². The number of hydrogen-bond acceptors (Lipinski definition) is 3. The van der Waals surface area contributed by atoms with Crippen LogP contribution in [0.2, 0.25) is 0 Å². The van der Waals surface area contributed by atoms with Gasteiger partial charge in [0.25, 0.3) is 5.95 Å². The highest BCUT2D eigenvalue weighted by Gasteiger charge is 2.33. The smallest absolute Gasteiger partial charge is 0.254 e. The van der Waals surface area contributed by atoms with E-state index in [1.807, 2.05) is 24.5 Å². The number of aromatic nitrogens is 5. The van der Waals surface area contributed by atoms with Crippen LogP contribution >= 0.6 is 0 Å². The maximum Gasteiger partial charge on any atom is 0.254 e. The molecule has 5 heteroatoms. The second-order valence-electron chi connectivity index (χ2n) is 6.06. The highest BCUT2D eigenvalue weighted by Crippen LogP contribution is 2.38. The lowest BCUT2D eigenvalue weighted by atomic mass is 10.0. The van der Waals surface area contributed by atoms with Gasteiger partial charge in [0.1, 0.15) is 12.2 Å². The number of nitrogens with zero attached hydrogens (tertiary/aromatic N) is 5. The van der Waals surface area contributed by atoms with Crippen molar-refractivity contribution in [2.45, 2.75) is 39.2 Å². The van der Waals surface area contributed by atoms with Crippen LogP contribution in [0.3, 0.4) is 0 Å². The van der Waals surface area contributed by atoms with Gasteiger partial charge in [0.05, 0.1) is 11.7 Å². The first-order valence-electron chi connectivity index (χ1n) is 7.67. The lowest BCUT2D eigenvalue weighted by molar-refractivity contribution is 0.540. The molecular formula is C17H19N5. The largest absolute Gasteiger partial charge is 0.270 e. The predicted octanol–water partition coefficient (Wildman–Crippen LogP) is 3.18. The molecule has 2 unspecified atom stereocenters. The van der Waals surface area contributed by atoms with E-state index in [1.165, 1.54) is 5.56 Å². The van der Waals surface area contributed by atoms with Crippen molar-refractivity contribution in [2.24, 2.45) is 0 Å². The fourth-order valence-electron chi connectivity index (χ4n) is 3.18. The molecule has 0 bridgehead atoms. The second-order valence-corrected chi connectivity index (χ2v) is 6.06. The Kier molecular flexibility index (Phi) is 2.89. The Balaban J connectivity index is 1.79. The van der Waals surface area contributed by atoms with Crippen LogP contribution in [0.15, 0.2) is 36.7 Å². The summed E-state index contributed by atoms with van der Waals surface area (Å²) in [6, 6.07) is 10.8. The van der Waals surface area contributed by atoms with E-state index in [0.717, 1.165) is 29.6 Å². The van der Waals surface area contributed by atoms with Gasteiger partial charge in [0, 0.05) is 11.6 Å². The molecule has 0 aliphatic carbocycles. The molecule has 0 N–H and O–H groups in total. The van der Waals surface area contributed by atoms with Gasteiger partial charge in [0.15, 0.2) is 0 Å². The van der Waals surface area contributed by atoms with E-state index in [9.17, 15) is 0 Å². The Morgan fingerprint density at radius 1 is 1.14 bits per heavy atom. The Hall–Kier alpha value is -2.43. The molecule has 1 aliphatic heterocycles. The second kappa shape index (κ2) is 4.80. The highest BCUT2D eigenvalue weighted by molar-refractivity contribution is 5.27. The number of imidazole rings is 1. The molecular weight excluding hydrogens is 274 g/mol. The zero-order valence-electron chi connectivity index (χ0n) is 13.1. The van der Waals surface area contributed by atoms with Crippen molar-refractivity contribution in [3.05, 3.63) is 59.4 Å². The van der Waals surface area contributed by atoms with E-state index < -0.39 is 0 Å². The summed E-state index contributed by atoms with van der Waals surface area (Å²) in [6.07, 6.45) is 2.86. The molecule has 5 nitrogen and oxygen atoms in total. The number of aryl methyl sites for hydroxylation is 1. The monoisotopic (exact) mass is 293 g/mol. The van der Waals surface area contributed by atoms with Crippen LogP contribution in [0.25, 0.3) is 5.95 Å². The summed E-state index contributed by atoms with van der Waals surface area (Å²) < 4.78 is 4.06. The van der Waals surface area contributed by atoms with E-state index in [4.69, 9.17) is 10.1 Å². The SMILES string of the molecule is Cc1ncn(-c2nc3n(n2)C(c2ccccc2)CC3C)c1C. The minimum atomic E-state index is 0.275. The molecule has 0 saturated carbocycles. The molecule has 22 heavy (non-hydrogen) atoms. The van der Waals surface area contributed by atoms with Gasteiger partial charge in [0.2, 0.25) is 0 Å². The Morgan fingerprint density at radius 2 is 1.91 bits per heavy atom. The van der Waals surface area contributed by atoms with Crippen molar-refractivity contribution in [2.75, 3.05) is 0 Å². The minimum Gasteiger partial charge on any atom is -0.270 e. The summed E-state index contributed by atoms with van der Waals surface area (Å²) in [7, 11) is 0. The lowest BCUT2D eigenvalue weighted by Gasteiger charge is -2.12. The summed E-state index contributed by atoms with van der Waals surface area (Å²) >= 11 is 0. The Morgan fingerprint density at radius 3 is 2.59 bits per heavy atom. The molecule has 1 aliphatic rings. The zero-order valence-corrected chi connectivity index (χ0v) is 13.1. The number of fused-ring (bicyclic) bond motifs is 1. The van der Waals surface area contributed by atoms with Crippen molar-refractivity contribution < 1.29 is 0 Å². The summed E-state index contributed by atoms with van der Waals surface area (Å²) in [5.74, 6) is 2.20. The Bertz CT molecular complexity index is 815. The van der Waals surface area contributed by atoms with Crippen LogP contribution in [0.1, 0.15) is 48.1 Å². The molecule has 112 valence electrons. The molecule has 3 aromatic rings. The van der Waals surface area contributed by atoms with Gasteiger partial charge in [-0.25, -0.2) is 9.67 Å². The molecule has 1 aromatic carbocycles. The highest BCUT2D eigenvalue weighted by atomic mass is 15.4. The normalized spacial score (nSPS) is 20.3. The molecule has 0 spiro atoms. The van der Waals surface area contributed by atoms with Crippen LogP contribution < -0.4 is 0 Å². The first-order valence-corrected chi connectivity index (χ1v) is 7.67. The molecule has 3 heterocycles. The molecule has 0 radical (unpaired) electrons. The third kappa shape index (κ3) is 1.89. The molecule has 0 fully saturated rings. The van der Waals surface area contributed by atoms with E-state index in [0.29, 0.717) is 5.92 Å². The molecule has 2 atom stereocenters.